The number of imidazole rings is 1. The van der Waals surface area contributed by atoms with E-state index in [9.17, 15) is 4.79 Å². The van der Waals surface area contributed by atoms with Gasteiger partial charge in [0, 0.05) is 19.8 Å². The van der Waals surface area contributed by atoms with E-state index in [1.54, 1.807) is 6.26 Å². The molecule has 1 unspecified atom stereocenters. The number of aromatic nitrogens is 2. The molecule has 1 aliphatic heterocycles. The Morgan fingerprint density at radius 1 is 1.33 bits per heavy atom. The molecule has 4 heterocycles. The van der Waals surface area contributed by atoms with Crippen molar-refractivity contribution in [2.24, 2.45) is 5.92 Å². The first-order valence-electron chi connectivity index (χ1n) is 9.54. The van der Waals surface area contributed by atoms with Crippen molar-refractivity contribution < 1.29 is 9.21 Å². The lowest BCUT2D eigenvalue weighted by atomic mass is 9.96. The Morgan fingerprint density at radius 3 is 3.04 bits per heavy atom. The van der Waals surface area contributed by atoms with Gasteiger partial charge in [0.1, 0.15) is 11.4 Å². The fourth-order valence-electron chi connectivity index (χ4n) is 3.99. The molecule has 1 atom stereocenters. The maximum Gasteiger partial charge on any atom is 0.227 e. The summed E-state index contributed by atoms with van der Waals surface area (Å²) in [4.78, 5) is 21.8. The third kappa shape index (κ3) is 3.76. The van der Waals surface area contributed by atoms with Crippen molar-refractivity contribution in [3.8, 4) is 0 Å². The monoisotopic (exact) mass is 366 g/mol. The van der Waals surface area contributed by atoms with Gasteiger partial charge in [-0.3, -0.25) is 9.69 Å². The minimum atomic E-state index is 0.0400. The van der Waals surface area contributed by atoms with Crippen molar-refractivity contribution in [2.45, 2.75) is 32.9 Å². The zero-order chi connectivity index (χ0) is 18.8. The molecule has 0 N–H and O–H groups in total. The Bertz CT molecular complexity index is 916. The number of hydrogen-bond acceptors (Lipinski definition) is 4. The Morgan fingerprint density at radius 2 is 2.22 bits per heavy atom. The quantitative estimate of drug-likeness (QED) is 0.696. The summed E-state index contributed by atoms with van der Waals surface area (Å²) in [6.07, 6.45) is 5.70. The van der Waals surface area contributed by atoms with Crippen LogP contribution in [0.5, 0.6) is 0 Å². The molecule has 1 fully saturated rings. The van der Waals surface area contributed by atoms with E-state index in [2.05, 4.69) is 14.3 Å². The van der Waals surface area contributed by atoms with Gasteiger partial charge < -0.3 is 13.7 Å². The van der Waals surface area contributed by atoms with Crippen LogP contribution in [0, 0.1) is 12.8 Å². The van der Waals surface area contributed by atoms with Crippen LogP contribution in [-0.4, -0.2) is 45.2 Å². The van der Waals surface area contributed by atoms with Crippen molar-refractivity contribution in [3.63, 3.8) is 0 Å². The first-order chi connectivity index (χ1) is 13.1. The standard InChI is InChI=1S/C21H26N4O2/c1-16-19(25-11-4-3-9-20(25)22-16)15-23(2)21(26)17-7-5-10-24(13-17)14-18-8-6-12-27-18/h3-4,6,8-9,11-12,17H,5,7,10,13-15H2,1-2H3. The van der Waals surface area contributed by atoms with Crippen molar-refractivity contribution >= 4 is 11.6 Å². The molecule has 0 radical (unpaired) electrons. The average molecular weight is 366 g/mol. The molecular weight excluding hydrogens is 340 g/mol. The van der Waals surface area contributed by atoms with Crippen LogP contribution in [0.1, 0.15) is 30.0 Å². The van der Waals surface area contributed by atoms with Gasteiger partial charge in [0.25, 0.3) is 0 Å². The normalized spacial score (nSPS) is 18.1. The molecular formula is C21H26N4O2. The van der Waals surface area contributed by atoms with Crippen molar-refractivity contribution in [3.05, 3.63) is 59.9 Å². The van der Waals surface area contributed by atoms with Crippen LogP contribution in [0.3, 0.4) is 0 Å². The van der Waals surface area contributed by atoms with E-state index in [0.29, 0.717) is 6.54 Å². The second kappa shape index (κ2) is 7.56. The first-order valence-corrected chi connectivity index (χ1v) is 9.54. The number of aryl methyl sites for hydroxylation is 1. The van der Waals surface area contributed by atoms with Gasteiger partial charge in [-0.25, -0.2) is 4.98 Å². The van der Waals surface area contributed by atoms with Crippen LogP contribution >= 0.6 is 0 Å². The number of furan rings is 1. The summed E-state index contributed by atoms with van der Waals surface area (Å²) in [5.41, 5.74) is 2.97. The topological polar surface area (TPSA) is 54.0 Å². The van der Waals surface area contributed by atoms with Gasteiger partial charge in [-0.2, -0.15) is 0 Å². The summed E-state index contributed by atoms with van der Waals surface area (Å²) in [7, 11) is 1.90. The molecule has 0 saturated carbocycles. The van der Waals surface area contributed by atoms with Crippen LogP contribution in [0.15, 0.2) is 47.2 Å². The summed E-state index contributed by atoms with van der Waals surface area (Å²) in [5.74, 6) is 1.21. The van der Waals surface area contributed by atoms with E-state index in [1.807, 2.05) is 55.4 Å². The molecule has 4 rings (SSSR count). The molecule has 3 aromatic rings. The number of carbonyl (C=O) groups is 1. The number of rotatable bonds is 5. The van der Waals surface area contributed by atoms with Gasteiger partial charge in [0.2, 0.25) is 5.91 Å². The molecule has 0 bridgehead atoms. The van der Waals surface area contributed by atoms with Crippen molar-refractivity contribution in [1.82, 2.24) is 19.2 Å². The highest BCUT2D eigenvalue weighted by Crippen LogP contribution is 2.22. The molecule has 3 aromatic heterocycles. The molecule has 6 heteroatoms. The lowest BCUT2D eigenvalue weighted by Gasteiger charge is -2.33. The summed E-state index contributed by atoms with van der Waals surface area (Å²) in [6.45, 7) is 5.15. The van der Waals surface area contributed by atoms with Gasteiger partial charge in [-0.05, 0) is 50.6 Å². The molecule has 6 nitrogen and oxygen atoms in total. The maximum absolute atomic E-state index is 13.1. The molecule has 0 spiro atoms. The number of nitrogens with zero attached hydrogens (tertiary/aromatic N) is 4. The van der Waals surface area contributed by atoms with Gasteiger partial charge in [0.15, 0.2) is 0 Å². The summed E-state index contributed by atoms with van der Waals surface area (Å²) in [6, 6.07) is 9.87. The average Bonchev–Trinajstić information content (AvgIpc) is 3.29. The zero-order valence-corrected chi connectivity index (χ0v) is 16.0. The maximum atomic E-state index is 13.1. The molecule has 1 amide bonds. The Hall–Kier alpha value is -2.60. The SMILES string of the molecule is Cc1nc2ccccn2c1CN(C)C(=O)C1CCCN(Cc2ccco2)C1. The second-order valence-corrected chi connectivity index (χ2v) is 7.42. The van der Waals surface area contributed by atoms with E-state index >= 15 is 0 Å². The van der Waals surface area contributed by atoms with Crippen LogP contribution in [0.4, 0.5) is 0 Å². The first kappa shape index (κ1) is 17.8. The van der Waals surface area contributed by atoms with Gasteiger partial charge in [-0.1, -0.05) is 6.07 Å². The molecule has 27 heavy (non-hydrogen) atoms. The highest BCUT2D eigenvalue weighted by molar-refractivity contribution is 5.79. The predicted octanol–water partition coefficient (Wildman–Crippen LogP) is 3.11. The largest absolute Gasteiger partial charge is 0.468 e. The molecule has 1 aliphatic rings. The minimum absolute atomic E-state index is 0.0400. The van der Waals surface area contributed by atoms with Crippen molar-refractivity contribution in [2.75, 3.05) is 20.1 Å². The summed E-state index contributed by atoms with van der Waals surface area (Å²) in [5, 5.41) is 0. The third-order valence-corrected chi connectivity index (χ3v) is 5.41. The molecule has 142 valence electrons. The summed E-state index contributed by atoms with van der Waals surface area (Å²) >= 11 is 0. The van der Waals surface area contributed by atoms with Gasteiger partial charge >= 0.3 is 0 Å². The Balaban J connectivity index is 1.43. The van der Waals surface area contributed by atoms with Gasteiger partial charge in [-0.15, -0.1) is 0 Å². The fraction of sp³-hybridized carbons (Fsp3) is 0.429. The smallest absolute Gasteiger partial charge is 0.227 e. The predicted molar refractivity (Wildman–Crippen MR) is 103 cm³/mol. The van der Waals surface area contributed by atoms with Crippen LogP contribution in [0.2, 0.25) is 0 Å². The van der Waals surface area contributed by atoms with E-state index in [0.717, 1.165) is 55.3 Å². The second-order valence-electron chi connectivity index (χ2n) is 7.42. The number of amides is 1. The fourth-order valence-corrected chi connectivity index (χ4v) is 3.99. The number of pyridine rings is 1. The third-order valence-electron chi connectivity index (χ3n) is 5.41. The van der Waals surface area contributed by atoms with Crippen molar-refractivity contribution in [1.29, 1.82) is 0 Å². The highest BCUT2D eigenvalue weighted by atomic mass is 16.3. The lowest BCUT2D eigenvalue weighted by Crippen LogP contribution is -2.43. The number of likely N-dealkylation sites (tertiary alicyclic amines) is 1. The molecule has 0 aliphatic carbocycles. The number of fused-ring (bicyclic) bond motifs is 1. The molecule has 0 aromatic carbocycles. The Labute approximate surface area is 159 Å². The van der Waals surface area contributed by atoms with E-state index in [1.165, 1.54) is 0 Å². The van der Waals surface area contributed by atoms with Crippen LogP contribution in [0.25, 0.3) is 5.65 Å². The number of hydrogen-bond donors (Lipinski definition) is 0. The minimum Gasteiger partial charge on any atom is -0.468 e. The van der Waals surface area contributed by atoms with E-state index in [4.69, 9.17) is 4.42 Å². The molecule has 1 saturated heterocycles. The van der Waals surface area contributed by atoms with Crippen LogP contribution in [-0.2, 0) is 17.9 Å². The van der Waals surface area contributed by atoms with Crippen LogP contribution < -0.4 is 0 Å². The number of piperidine rings is 1. The Kier molecular flexibility index (Phi) is 4.99. The zero-order valence-electron chi connectivity index (χ0n) is 16.0. The van der Waals surface area contributed by atoms with E-state index in [-0.39, 0.29) is 11.8 Å². The lowest BCUT2D eigenvalue weighted by molar-refractivity contribution is -0.136. The van der Waals surface area contributed by atoms with E-state index < -0.39 is 0 Å². The highest BCUT2D eigenvalue weighted by Gasteiger charge is 2.29. The summed E-state index contributed by atoms with van der Waals surface area (Å²) < 4.78 is 7.53. The number of carbonyl (C=O) groups excluding carboxylic acids is 1. The van der Waals surface area contributed by atoms with Gasteiger partial charge in [0.05, 0.1) is 36.7 Å².